The normalized spacial score (nSPS) is 15.8. The molecule has 2 aromatic carbocycles. The molecule has 0 aromatic heterocycles. The summed E-state index contributed by atoms with van der Waals surface area (Å²) >= 11 is 0. The maximum atomic E-state index is 6.71. The van der Waals surface area contributed by atoms with Crippen LogP contribution in [0.25, 0.3) is 11.3 Å². The lowest BCUT2D eigenvalue weighted by molar-refractivity contribution is 0.365. The highest BCUT2D eigenvalue weighted by Gasteiger charge is 2.24. The molecule has 0 aliphatic carbocycles. The number of hydrogen-bond acceptors (Lipinski definition) is 1. The smallest absolute Gasteiger partial charge is 0.138 e. The van der Waals surface area contributed by atoms with E-state index in [0.717, 1.165) is 37.2 Å². The zero-order valence-electron chi connectivity index (χ0n) is 22.3. The Balaban J connectivity index is 2.02. The molecule has 178 valence electrons. The molecule has 0 N–H and O–H groups in total. The third-order valence-electron chi connectivity index (χ3n) is 6.88. The number of aryl methyl sites for hydroxylation is 3. The molecule has 1 unspecified atom stereocenters. The molecule has 1 atom stereocenters. The van der Waals surface area contributed by atoms with Crippen molar-refractivity contribution in [1.82, 2.24) is 0 Å². The molecule has 2 aromatic rings. The van der Waals surface area contributed by atoms with Crippen molar-refractivity contribution in [2.45, 2.75) is 99.8 Å². The Morgan fingerprint density at radius 3 is 2.39 bits per heavy atom. The molecule has 0 saturated heterocycles. The lowest BCUT2D eigenvalue weighted by atomic mass is 9.87. The summed E-state index contributed by atoms with van der Waals surface area (Å²) < 4.78 is 6.71. The third kappa shape index (κ3) is 6.19. The predicted octanol–water partition coefficient (Wildman–Crippen LogP) is 9.67. The minimum Gasteiger partial charge on any atom is -0.456 e. The number of allylic oxidation sites excluding steroid dienone is 3. The molecule has 1 aliphatic rings. The van der Waals surface area contributed by atoms with Crippen LogP contribution in [-0.2, 0) is 12.8 Å². The Kier molecular flexibility index (Phi) is 8.27. The minimum atomic E-state index is 0.382. The van der Waals surface area contributed by atoms with E-state index in [-0.39, 0.29) is 0 Å². The van der Waals surface area contributed by atoms with Crippen LogP contribution in [0.3, 0.4) is 0 Å². The summed E-state index contributed by atoms with van der Waals surface area (Å²) in [5.74, 6) is 2.51. The van der Waals surface area contributed by atoms with Gasteiger partial charge in [0.15, 0.2) is 0 Å². The molecule has 0 bridgehead atoms. The lowest BCUT2D eigenvalue weighted by Crippen LogP contribution is -2.09. The maximum absolute atomic E-state index is 6.71. The molecule has 0 radical (unpaired) electrons. The second-order valence-electron chi connectivity index (χ2n) is 11.0. The zero-order valence-corrected chi connectivity index (χ0v) is 22.3. The summed E-state index contributed by atoms with van der Waals surface area (Å²) in [4.78, 5) is 0. The summed E-state index contributed by atoms with van der Waals surface area (Å²) in [6, 6.07) is 11.6. The molecule has 1 aliphatic heterocycles. The number of benzene rings is 2. The van der Waals surface area contributed by atoms with Gasteiger partial charge in [0.2, 0.25) is 0 Å². The lowest BCUT2D eigenvalue weighted by Gasteiger charge is -2.26. The summed E-state index contributed by atoms with van der Waals surface area (Å²) in [5, 5.41) is 0. The Morgan fingerprint density at radius 1 is 1.00 bits per heavy atom. The number of ether oxygens (including phenoxy) is 1. The van der Waals surface area contributed by atoms with Crippen molar-refractivity contribution < 1.29 is 4.74 Å². The van der Waals surface area contributed by atoms with Crippen molar-refractivity contribution in [2.75, 3.05) is 0 Å². The van der Waals surface area contributed by atoms with Crippen molar-refractivity contribution in [3.05, 3.63) is 75.9 Å². The van der Waals surface area contributed by atoms with Gasteiger partial charge in [-0.15, -0.1) is 0 Å². The van der Waals surface area contributed by atoms with Crippen molar-refractivity contribution >= 4 is 11.3 Å². The van der Waals surface area contributed by atoms with Crippen LogP contribution in [0.5, 0.6) is 5.75 Å². The summed E-state index contributed by atoms with van der Waals surface area (Å²) in [5.41, 5.74) is 9.68. The van der Waals surface area contributed by atoms with E-state index >= 15 is 0 Å². The molecule has 0 amide bonds. The molecule has 33 heavy (non-hydrogen) atoms. The first-order valence-corrected chi connectivity index (χ1v) is 13.0. The highest BCUT2D eigenvalue weighted by Crippen LogP contribution is 2.43. The molecule has 1 heteroatoms. The van der Waals surface area contributed by atoms with E-state index < -0.39 is 0 Å². The van der Waals surface area contributed by atoms with Crippen LogP contribution in [0.15, 0.2) is 42.5 Å². The number of rotatable bonds is 8. The fraction of sp³-hybridized carbons (Fsp3) is 0.500. The Hall–Kier alpha value is -2.28. The van der Waals surface area contributed by atoms with E-state index in [1.54, 1.807) is 0 Å². The maximum Gasteiger partial charge on any atom is 0.138 e. The molecular weight excluding hydrogens is 400 g/mol. The molecule has 3 rings (SSSR count). The molecule has 0 saturated carbocycles. The first kappa shape index (κ1) is 25.3. The SMILES string of the molecule is CC/C=C1/C=C(c2ccc(CC)c(CCCC(C)(C)C)c2)Oc2c1cc(C)cc2C(C)CC. The standard InChI is InChI=1S/C32H44O/c1-9-13-26-21-30(33-31-28(23(5)10-2)18-22(4)19-29(26)31)27-16-15-24(11-3)25(20-27)14-12-17-32(6,7)8/h13,15-16,18-21,23H,9-12,14,17H2,1-8H3/b26-13-. The fourth-order valence-corrected chi connectivity index (χ4v) is 4.77. The topological polar surface area (TPSA) is 9.23 Å². The minimum absolute atomic E-state index is 0.382. The largest absolute Gasteiger partial charge is 0.456 e. The van der Waals surface area contributed by atoms with E-state index in [0.29, 0.717) is 11.3 Å². The van der Waals surface area contributed by atoms with Gasteiger partial charge in [-0.05, 0) is 103 Å². The van der Waals surface area contributed by atoms with Crippen molar-refractivity contribution in [3.8, 4) is 5.75 Å². The van der Waals surface area contributed by atoms with Gasteiger partial charge in [-0.1, -0.05) is 72.7 Å². The first-order valence-electron chi connectivity index (χ1n) is 13.0. The number of fused-ring (bicyclic) bond motifs is 1. The van der Waals surface area contributed by atoms with E-state index in [9.17, 15) is 0 Å². The first-order chi connectivity index (χ1) is 15.7. The quantitative estimate of drug-likeness (QED) is 0.394. The van der Waals surface area contributed by atoms with Gasteiger partial charge in [-0.3, -0.25) is 0 Å². The Bertz CT molecular complexity index is 1030. The second-order valence-corrected chi connectivity index (χ2v) is 11.0. The van der Waals surface area contributed by atoms with Crippen molar-refractivity contribution in [2.24, 2.45) is 5.41 Å². The van der Waals surface area contributed by atoms with Gasteiger partial charge in [0.25, 0.3) is 0 Å². The zero-order chi connectivity index (χ0) is 24.2. The summed E-state index contributed by atoms with van der Waals surface area (Å²) in [7, 11) is 0. The Labute approximate surface area is 203 Å². The van der Waals surface area contributed by atoms with Crippen LogP contribution in [0.2, 0.25) is 0 Å². The van der Waals surface area contributed by atoms with E-state index in [2.05, 4.69) is 97.9 Å². The second kappa shape index (κ2) is 10.8. The average molecular weight is 445 g/mol. The third-order valence-corrected chi connectivity index (χ3v) is 6.88. The van der Waals surface area contributed by atoms with Crippen LogP contribution in [0, 0.1) is 12.3 Å². The highest BCUT2D eigenvalue weighted by atomic mass is 16.5. The van der Waals surface area contributed by atoms with E-state index in [1.807, 2.05) is 0 Å². The summed E-state index contributed by atoms with van der Waals surface area (Å²) in [6.07, 6.45) is 11.4. The average Bonchev–Trinajstić information content (AvgIpc) is 2.77. The van der Waals surface area contributed by atoms with Crippen LogP contribution < -0.4 is 4.74 Å². The Morgan fingerprint density at radius 2 is 1.76 bits per heavy atom. The van der Waals surface area contributed by atoms with Crippen LogP contribution in [-0.4, -0.2) is 0 Å². The van der Waals surface area contributed by atoms with E-state index in [4.69, 9.17) is 4.74 Å². The van der Waals surface area contributed by atoms with Gasteiger partial charge < -0.3 is 4.74 Å². The van der Waals surface area contributed by atoms with Crippen molar-refractivity contribution in [3.63, 3.8) is 0 Å². The van der Waals surface area contributed by atoms with Crippen LogP contribution >= 0.6 is 0 Å². The van der Waals surface area contributed by atoms with Gasteiger partial charge in [-0.2, -0.15) is 0 Å². The highest BCUT2D eigenvalue weighted by molar-refractivity contribution is 5.89. The molecule has 1 heterocycles. The molecular formula is C32H44O. The molecule has 0 spiro atoms. The van der Waals surface area contributed by atoms with Crippen LogP contribution in [0.4, 0.5) is 0 Å². The van der Waals surface area contributed by atoms with Gasteiger partial charge in [0.1, 0.15) is 11.5 Å². The number of hydrogen-bond donors (Lipinski definition) is 0. The van der Waals surface area contributed by atoms with Gasteiger partial charge in [0, 0.05) is 11.1 Å². The van der Waals surface area contributed by atoms with Crippen molar-refractivity contribution in [1.29, 1.82) is 0 Å². The monoisotopic (exact) mass is 444 g/mol. The predicted molar refractivity (Wildman–Crippen MR) is 145 cm³/mol. The van der Waals surface area contributed by atoms with Gasteiger partial charge >= 0.3 is 0 Å². The van der Waals surface area contributed by atoms with Crippen LogP contribution in [0.1, 0.15) is 113 Å². The fourth-order valence-electron chi connectivity index (χ4n) is 4.77. The van der Waals surface area contributed by atoms with Gasteiger partial charge in [-0.25, -0.2) is 0 Å². The molecule has 0 fully saturated rings. The summed E-state index contributed by atoms with van der Waals surface area (Å²) in [6.45, 7) is 18.2. The van der Waals surface area contributed by atoms with Gasteiger partial charge in [0.05, 0.1) is 0 Å². The molecule has 1 nitrogen and oxygen atoms in total. The van der Waals surface area contributed by atoms with E-state index in [1.165, 1.54) is 51.8 Å².